The molecule has 0 spiro atoms. The number of benzene rings is 5. The van der Waals surface area contributed by atoms with Crippen LogP contribution in [0.5, 0.6) is 0 Å². The first-order chi connectivity index (χ1) is 17.4. The summed E-state index contributed by atoms with van der Waals surface area (Å²) in [5, 5.41) is 0. The molecular formula is C36H34. The minimum Gasteiger partial charge on any atom is -0.0622 e. The largest absolute Gasteiger partial charge is 0.0622 e. The van der Waals surface area contributed by atoms with Gasteiger partial charge in [0.2, 0.25) is 0 Å². The molecule has 0 bridgehead atoms. The highest BCUT2D eigenvalue weighted by molar-refractivity contribution is 5.98. The highest BCUT2D eigenvalue weighted by atomic mass is 14.2. The van der Waals surface area contributed by atoms with Crippen LogP contribution in [0.4, 0.5) is 0 Å². The molecule has 0 saturated carbocycles. The first kappa shape index (κ1) is 23.8. The maximum absolute atomic E-state index is 2.44. The first-order valence-electron chi connectivity index (χ1n) is 12.9. The van der Waals surface area contributed by atoms with Gasteiger partial charge >= 0.3 is 0 Å². The minimum absolute atomic E-state index is 0.949. The van der Waals surface area contributed by atoms with Crippen molar-refractivity contribution in [2.24, 2.45) is 0 Å². The first-order valence-corrected chi connectivity index (χ1v) is 12.9. The van der Waals surface area contributed by atoms with Crippen LogP contribution >= 0.6 is 0 Å². The van der Waals surface area contributed by atoms with Crippen molar-refractivity contribution in [1.29, 1.82) is 0 Å². The van der Waals surface area contributed by atoms with Gasteiger partial charge in [0, 0.05) is 0 Å². The Balaban J connectivity index is 1.96. The number of aryl methyl sites for hydroxylation is 4. The molecule has 0 amide bonds. The Kier molecular flexibility index (Phi) is 6.61. The molecule has 5 aromatic carbocycles. The zero-order chi connectivity index (χ0) is 25.2. The van der Waals surface area contributed by atoms with Gasteiger partial charge in [-0.2, -0.15) is 0 Å². The average molecular weight is 467 g/mol. The van der Waals surface area contributed by atoms with E-state index >= 15 is 0 Å². The van der Waals surface area contributed by atoms with Crippen molar-refractivity contribution in [3.05, 3.63) is 131 Å². The van der Waals surface area contributed by atoms with Crippen LogP contribution < -0.4 is 0 Å². The van der Waals surface area contributed by atoms with E-state index in [2.05, 4.69) is 138 Å². The van der Waals surface area contributed by atoms with Crippen molar-refractivity contribution in [1.82, 2.24) is 0 Å². The third-order valence-corrected chi connectivity index (χ3v) is 7.05. The highest BCUT2D eigenvalue weighted by Gasteiger charge is 2.21. The summed E-state index contributed by atoms with van der Waals surface area (Å²) in [6, 6.07) is 38.2. The van der Waals surface area contributed by atoms with Crippen LogP contribution in [0.15, 0.2) is 103 Å². The Hall–Kier alpha value is -3.90. The fourth-order valence-electron chi connectivity index (χ4n) is 5.48. The van der Waals surface area contributed by atoms with Crippen LogP contribution in [-0.2, 0) is 6.42 Å². The molecule has 0 fully saturated rings. The summed E-state index contributed by atoms with van der Waals surface area (Å²) >= 11 is 0. The summed E-state index contributed by atoms with van der Waals surface area (Å²) in [4.78, 5) is 0. The SMILES string of the molecule is CCc1c(-c2ccc(C)cc2)c(-c2cc(C)cc(C)c2)cc(-c2ccccc2)c1-c1cccc(C)c1. The number of hydrogen-bond acceptors (Lipinski definition) is 0. The molecule has 0 saturated heterocycles. The van der Waals surface area contributed by atoms with E-state index in [0.29, 0.717) is 0 Å². The fraction of sp³-hybridized carbons (Fsp3) is 0.167. The van der Waals surface area contributed by atoms with E-state index in [1.807, 2.05) is 0 Å². The second-order valence-corrected chi connectivity index (χ2v) is 10.0. The molecule has 0 nitrogen and oxygen atoms in total. The minimum atomic E-state index is 0.949. The second-order valence-electron chi connectivity index (χ2n) is 10.0. The zero-order valence-electron chi connectivity index (χ0n) is 22.0. The molecule has 0 heterocycles. The Morgan fingerprint density at radius 2 is 1.00 bits per heavy atom. The Labute approximate surface area is 216 Å². The smallest absolute Gasteiger partial charge is 0.00667 e. The van der Waals surface area contributed by atoms with E-state index < -0.39 is 0 Å². The molecule has 0 aliphatic carbocycles. The van der Waals surface area contributed by atoms with Gasteiger partial charge in [-0.3, -0.25) is 0 Å². The van der Waals surface area contributed by atoms with Gasteiger partial charge in [0.15, 0.2) is 0 Å². The van der Waals surface area contributed by atoms with Gasteiger partial charge in [-0.25, -0.2) is 0 Å². The molecule has 0 atom stereocenters. The quantitative estimate of drug-likeness (QED) is 0.242. The molecule has 178 valence electrons. The predicted octanol–water partition coefficient (Wildman–Crippen LogP) is 10.2. The van der Waals surface area contributed by atoms with Crippen molar-refractivity contribution < 1.29 is 0 Å². The summed E-state index contributed by atoms with van der Waals surface area (Å²) in [5.74, 6) is 0. The molecule has 0 N–H and O–H groups in total. The van der Waals surface area contributed by atoms with E-state index in [1.165, 1.54) is 72.3 Å². The standard InChI is InChI=1S/C36H34/c1-6-32-35(29-17-15-24(2)16-18-29)34(31-21-26(4)19-27(5)22-31)23-33(28-12-8-7-9-13-28)36(32)30-14-10-11-25(3)20-30/h7-23H,6H2,1-5H3. The molecule has 5 aromatic rings. The average Bonchev–Trinajstić information content (AvgIpc) is 2.88. The van der Waals surface area contributed by atoms with Gasteiger partial charge in [-0.05, 0) is 90.3 Å². The van der Waals surface area contributed by atoms with Crippen LogP contribution in [0.3, 0.4) is 0 Å². The summed E-state index contributed by atoms with van der Waals surface area (Å²) in [7, 11) is 0. The molecule has 0 heteroatoms. The van der Waals surface area contributed by atoms with Crippen molar-refractivity contribution in [3.63, 3.8) is 0 Å². The van der Waals surface area contributed by atoms with Gasteiger partial charge in [-0.15, -0.1) is 0 Å². The third kappa shape index (κ3) is 4.64. The Morgan fingerprint density at radius 3 is 1.64 bits per heavy atom. The van der Waals surface area contributed by atoms with Gasteiger partial charge in [0.05, 0.1) is 0 Å². The van der Waals surface area contributed by atoms with Gasteiger partial charge in [-0.1, -0.05) is 126 Å². The van der Waals surface area contributed by atoms with Gasteiger partial charge in [0.1, 0.15) is 0 Å². The van der Waals surface area contributed by atoms with Crippen LogP contribution in [0, 0.1) is 27.7 Å². The van der Waals surface area contributed by atoms with Gasteiger partial charge < -0.3 is 0 Å². The van der Waals surface area contributed by atoms with Crippen LogP contribution in [0.1, 0.15) is 34.7 Å². The lowest BCUT2D eigenvalue weighted by atomic mass is 9.79. The molecule has 0 unspecified atom stereocenters. The molecular weight excluding hydrogens is 432 g/mol. The molecule has 0 radical (unpaired) electrons. The summed E-state index contributed by atoms with van der Waals surface area (Å²) in [6.07, 6.45) is 0.949. The van der Waals surface area contributed by atoms with Crippen molar-refractivity contribution in [2.45, 2.75) is 41.0 Å². The molecule has 5 rings (SSSR count). The fourth-order valence-corrected chi connectivity index (χ4v) is 5.48. The Bertz CT molecular complexity index is 1500. The normalized spacial score (nSPS) is 11.0. The predicted molar refractivity (Wildman–Crippen MR) is 157 cm³/mol. The van der Waals surface area contributed by atoms with E-state index in [-0.39, 0.29) is 0 Å². The van der Waals surface area contributed by atoms with E-state index in [9.17, 15) is 0 Å². The molecule has 0 aromatic heterocycles. The maximum Gasteiger partial charge on any atom is -0.00667 e. The van der Waals surface area contributed by atoms with Gasteiger partial charge in [0.25, 0.3) is 0 Å². The Morgan fingerprint density at radius 1 is 0.417 bits per heavy atom. The molecule has 0 aliphatic heterocycles. The third-order valence-electron chi connectivity index (χ3n) is 7.05. The molecule has 36 heavy (non-hydrogen) atoms. The lowest BCUT2D eigenvalue weighted by Crippen LogP contribution is -2.00. The zero-order valence-corrected chi connectivity index (χ0v) is 22.0. The molecule has 0 aliphatic rings. The van der Waals surface area contributed by atoms with Crippen LogP contribution in [-0.4, -0.2) is 0 Å². The monoisotopic (exact) mass is 466 g/mol. The number of hydrogen-bond donors (Lipinski definition) is 0. The van der Waals surface area contributed by atoms with Crippen LogP contribution in [0.25, 0.3) is 44.5 Å². The van der Waals surface area contributed by atoms with E-state index in [1.54, 1.807) is 0 Å². The summed E-state index contributed by atoms with van der Waals surface area (Å²) in [5.41, 5.74) is 16.9. The van der Waals surface area contributed by atoms with Crippen molar-refractivity contribution in [3.8, 4) is 44.5 Å². The van der Waals surface area contributed by atoms with Crippen molar-refractivity contribution in [2.75, 3.05) is 0 Å². The summed E-state index contributed by atoms with van der Waals surface area (Å²) in [6.45, 7) is 11.0. The lowest BCUT2D eigenvalue weighted by Gasteiger charge is -2.24. The number of rotatable bonds is 5. The maximum atomic E-state index is 2.44. The van der Waals surface area contributed by atoms with Crippen molar-refractivity contribution >= 4 is 0 Å². The van der Waals surface area contributed by atoms with E-state index in [0.717, 1.165) is 6.42 Å². The summed E-state index contributed by atoms with van der Waals surface area (Å²) < 4.78 is 0. The van der Waals surface area contributed by atoms with Crippen LogP contribution in [0.2, 0.25) is 0 Å². The van der Waals surface area contributed by atoms with E-state index in [4.69, 9.17) is 0 Å². The topological polar surface area (TPSA) is 0 Å². The highest BCUT2D eigenvalue weighted by Crippen LogP contribution is 2.46. The lowest BCUT2D eigenvalue weighted by molar-refractivity contribution is 1.14. The second kappa shape index (κ2) is 9.99.